The van der Waals surface area contributed by atoms with E-state index in [1.54, 1.807) is 31.4 Å². The number of rotatable bonds is 3. The van der Waals surface area contributed by atoms with Crippen LogP contribution in [-0.4, -0.2) is 46.5 Å². The van der Waals surface area contributed by atoms with Crippen molar-refractivity contribution in [2.45, 2.75) is 31.9 Å². The topological polar surface area (TPSA) is 49.9 Å². The van der Waals surface area contributed by atoms with Gasteiger partial charge in [-0.05, 0) is 42.5 Å². The number of piperidine rings is 1. The summed E-state index contributed by atoms with van der Waals surface area (Å²) in [6.07, 6.45) is 1.39. The maximum absolute atomic E-state index is 12.8. The summed E-state index contributed by atoms with van der Waals surface area (Å²) in [5.74, 6) is 1.50. The van der Waals surface area contributed by atoms with E-state index in [1.165, 1.54) is 23.1 Å². The van der Waals surface area contributed by atoms with Gasteiger partial charge in [-0.2, -0.15) is 0 Å². The number of thiocarbonyl (C=S) groups is 1. The zero-order valence-corrected chi connectivity index (χ0v) is 16.9. The lowest BCUT2D eigenvalue weighted by atomic mass is 9.92. The van der Waals surface area contributed by atoms with E-state index in [0.717, 1.165) is 17.4 Å². The number of hydrogen-bond acceptors (Lipinski definition) is 5. The van der Waals surface area contributed by atoms with Crippen molar-refractivity contribution in [2.75, 3.05) is 25.1 Å². The lowest BCUT2D eigenvalue weighted by molar-refractivity contribution is -0.121. The predicted molar refractivity (Wildman–Crippen MR) is 109 cm³/mol. The molecular weight excluding hydrogens is 368 g/mol. The minimum atomic E-state index is -0.440. The van der Waals surface area contributed by atoms with Crippen molar-refractivity contribution in [2.24, 2.45) is 11.8 Å². The van der Waals surface area contributed by atoms with Gasteiger partial charge in [0.05, 0.1) is 12.8 Å². The third-order valence-corrected chi connectivity index (χ3v) is 6.47. The van der Waals surface area contributed by atoms with Crippen molar-refractivity contribution in [3.05, 3.63) is 24.3 Å². The van der Waals surface area contributed by atoms with E-state index in [2.05, 4.69) is 18.7 Å². The molecule has 0 saturated carbocycles. The first kappa shape index (κ1) is 19.2. The molecule has 2 saturated heterocycles. The van der Waals surface area contributed by atoms with Gasteiger partial charge in [-0.25, -0.2) is 4.90 Å². The minimum Gasteiger partial charge on any atom is -0.497 e. The Kier molecular flexibility index (Phi) is 5.87. The van der Waals surface area contributed by atoms with E-state index < -0.39 is 5.25 Å². The molecule has 140 valence electrons. The van der Waals surface area contributed by atoms with Crippen LogP contribution in [0.25, 0.3) is 0 Å². The molecule has 0 radical (unpaired) electrons. The first-order valence-electron chi connectivity index (χ1n) is 8.85. The number of carbonyl (C=O) groups excluding carboxylic acids is 2. The van der Waals surface area contributed by atoms with Crippen LogP contribution in [0.3, 0.4) is 0 Å². The third kappa shape index (κ3) is 4.04. The van der Waals surface area contributed by atoms with Crippen molar-refractivity contribution >= 4 is 45.8 Å². The molecule has 3 atom stereocenters. The third-order valence-electron chi connectivity index (χ3n) is 4.81. The molecule has 2 aliphatic heterocycles. The number of benzene rings is 1. The first-order chi connectivity index (χ1) is 12.4. The Morgan fingerprint density at radius 1 is 1.15 bits per heavy atom. The van der Waals surface area contributed by atoms with Crippen LogP contribution >= 0.6 is 24.0 Å². The van der Waals surface area contributed by atoms with Gasteiger partial charge in [0.25, 0.3) is 0 Å². The molecule has 0 N–H and O–H groups in total. The number of carbonyl (C=O) groups is 2. The molecule has 2 amide bonds. The summed E-state index contributed by atoms with van der Waals surface area (Å²) in [5, 5.41) is -0.440. The molecule has 1 aromatic rings. The van der Waals surface area contributed by atoms with E-state index in [9.17, 15) is 9.59 Å². The van der Waals surface area contributed by atoms with Gasteiger partial charge in [0.15, 0.2) is 0 Å². The SMILES string of the molecule is COc1ccc(N2C(=O)C[C@H](SC(=S)N3C[C@H](C)C[C@@H](C)C3)C2=O)cc1. The normalized spacial score (nSPS) is 26.3. The van der Waals surface area contributed by atoms with E-state index in [0.29, 0.717) is 23.3 Å². The Hall–Kier alpha value is -1.60. The Morgan fingerprint density at radius 3 is 2.35 bits per heavy atom. The molecular formula is C19H24N2O3S2. The molecule has 0 unspecified atom stereocenters. The highest BCUT2D eigenvalue weighted by Gasteiger charge is 2.41. The van der Waals surface area contributed by atoms with Crippen LogP contribution in [0.15, 0.2) is 24.3 Å². The highest BCUT2D eigenvalue weighted by Crippen LogP contribution is 2.33. The number of ether oxygens (including phenoxy) is 1. The van der Waals surface area contributed by atoms with Crippen molar-refractivity contribution < 1.29 is 14.3 Å². The lowest BCUT2D eigenvalue weighted by Crippen LogP contribution is -2.41. The highest BCUT2D eigenvalue weighted by atomic mass is 32.2. The number of nitrogens with zero attached hydrogens (tertiary/aromatic N) is 2. The molecule has 3 rings (SSSR count). The van der Waals surface area contributed by atoms with Gasteiger partial charge in [-0.3, -0.25) is 9.59 Å². The maximum atomic E-state index is 12.8. The Bertz CT molecular complexity index is 697. The summed E-state index contributed by atoms with van der Waals surface area (Å²) in [6, 6.07) is 6.96. The average molecular weight is 393 g/mol. The number of thioether (sulfide) groups is 1. The Labute approximate surface area is 164 Å². The molecule has 5 nitrogen and oxygen atoms in total. The van der Waals surface area contributed by atoms with Gasteiger partial charge in [0, 0.05) is 19.5 Å². The molecule has 2 fully saturated rings. The fourth-order valence-corrected chi connectivity index (χ4v) is 5.18. The van der Waals surface area contributed by atoms with E-state index in [4.69, 9.17) is 17.0 Å². The van der Waals surface area contributed by atoms with E-state index in [1.807, 2.05) is 0 Å². The molecule has 2 heterocycles. The predicted octanol–water partition coefficient (Wildman–Crippen LogP) is 3.32. The zero-order chi connectivity index (χ0) is 18.8. The zero-order valence-electron chi connectivity index (χ0n) is 15.3. The molecule has 0 aliphatic carbocycles. The van der Waals surface area contributed by atoms with E-state index in [-0.39, 0.29) is 18.2 Å². The van der Waals surface area contributed by atoms with Gasteiger partial charge in [0.1, 0.15) is 15.3 Å². The molecule has 1 aromatic carbocycles. The molecule has 26 heavy (non-hydrogen) atoms. The number of hydrogen-bond donors (Lipinski definition) is 0. The van der Waals surface area contributed by atoms with Gasteiger partial charge in [-0.15, -0.1) is 0 Å². The van der Waals surface area contributed by atoms with Crippen LogP contribution in [0.2, 0.25) is 0 Å². The molecule has 2 aliphatic rings. The van der Waals surface area contributed by atoms with Crippen LogP contribution in [0.1, 0.15) is 26.7 Å². The number of amides is 2. The molecule has 0 bridgehead atoms. The van der Waals surface area contributed by atoms with Crippen molar-refractivity contribution in [1.29, 1.82) is 0 Å². The first-order valence-corrected chi connectivity index (χ1v) is 10.1. The summed E-state index contributed by atoms with van der Waals surface area (Å²) in [6.45, 7) is 6.30. The maximum Gasteiger partial charge on any atom is 0.247 e. The Morgan fingerprint density at radius 2 is 1.77 bits per heavy atom. The monoisotopic (exact) mass is 392 g/mol. The van der Waals surface area contributed by atoms with Gasteiger partial charge in [0.2, 0.25) is 11.8 Å². The Balaban J connectivity index is 1.67. The molecule has 0 aromatic heterocycles. The summed E-state index contributed by atoms with van der Waals surface area (Å²) in [4.78, 5) is 28.7. The van der Waals surface area contributed by atoms with Gasteiger partial charge >= 0.3 is 0 Å². The van der Waals surface area contributed by atoms with Gasteiger partial charge < -0.3 is 9.64 Å². The smallest absolute Gasteiger partial charge is 0.247 e. The largest absolute Gasteiger partial charge is 0.497 e. The van der Waals surface area contributed by atoms with Crippen LogP contribution in [-0.2, 0) is 9.59 Å². The number of imide groups is 1. The minimum absolute atomic E-state index is 0.180. The average Bonchev–Trinajstić information content (AvgIpc) is 2.88. The fraction of sp³-hybridized carbons (Fsp3) is 0.526. The van der Waals surface area contributed by atoms with Crippen LogP contribution in [0.5, 0.6) is 5.75 Å². The standard InChI is InChI=1S/C19H24N2O3S2/c1-12-8-13(2)11-20(10-12)19(25)26-16-9-17(22)21(18(16)23)14-4-6-15(24-3)7-5-14/h4-7,12-13,16H,8-11H2,1-3H3/t12-,13-,16+/m1/s1. The second-order valence-corrected chi connectivity index (χ2v) is 9.03. The summed E-state index contributed by atoms with van der Waals surface area (Å²) >= 11 is 6.94. The highest BCUT2D eigenvalue weighted by molar-refractivity contribution is 8.23. The van der Waals surface area contributed by atoms with Crippen LogP contribution in [0.4, 0.5) is 5.69 Å². The number of methoxy groups -OCH3 is 1. The van der Waals surface area contributed by atoms with Crippen LogP contribution < -0.4 is 9.64 Å². The second kappa shape index (κ2) is 7.96. The van der Waals surface area contributed by atoms with Crippen LogP contribution in [0, 0.1) is 11.8 Å². The quantitative estimate of drug-likeness (QED) is 0.581. The van der Waals surface area contributed by atoms with E-state index >= 15 is 0 Å². The number of likely N-dealkylation sites (tertiary alicyclic amines) is 1. The summed E-state index contributed by atoms with van der Waals surface area (Å²) in [5.41, 5.74) is 0.579. The van der Waals surface area contributed by atoms with Crippen molar-refractivity contribution in [1.82, 2.24) is 4.90 Å². The van der Waals surface area contributed by atoms with Crippen molar-refractivity contribution in [3.63, 3.8) is 0 Å². The van der Waals surface area contributed by atoms with Gasteiger partial charge in [-0.1, -0.05) is 37.8 Å². The fourth-order valence-electron chi connectivity index (χ4n) is 3.71. The second-order valence-electron chi connectivity index (χ2n) is 7.19. The summed E-state index contributed by atoms with van der Waals surface area (Å²) < 4.78 is 5.86. The number of anilines is 1. The summed E-state index contributed by atoms with van der Waals surface area (Å²) in [7, 11) is 1.58. The van der Waals surface area contributed by atoms with Crippen molar-refractivity contribution in [3.8, 4) is 5.75 Å². The molecule has 0 spiro atoms. The molecule has 7 heteroatoms. The lowest BCUT2D eigenvalue weighted by Gasteiger charge is -2.36.